The second-order valence-corrected chi connectivity index (χ2v) is 7.47. The summed E-state index contributed by atoms with van der Waals surface area (Å²) >= 11 is 1.05. The maximum absolute atomic E-state index is 12.6. The van der Waals surface area contributed by atoms with Gasteiger partial charge in [-0.25, -0.2) is 4.79 Å². The number of thiophene rings is 1. The molecule has 0 saturated heterocycles. The maximum atomic E-state index is 12.6. The molecule has 0 aliphatic rings. The second kappa shape index (κ2) is 10.2. The number of carbonyl (C=O) groups is 3. The number of amides is 2. The van der Waals surface area contributed by atoms with Crippen molar-refractivity contribution < 1.29 is 23.5 Å². The highest BCUT2D eigenvalue weighted by atomic mass is 32.1. The number of nitrogens with zero attached hydrogens (tertiary/aromatic N) is 2. The molecule has 0 spiro atoms. The first kappa shape index (κ1) is 21.8. The zero-order valence-corrected chi connectivity index (χ0v) is 17.5. The van der Waals surface area contributed by atoms with E-state index in [1.54, 1.807) is 43.3 Å². The predicted octanol–water partition coefficient (Wildman–Crippen LogP) is 4.01. The van der Waals surface area contributed by atoms with Crippen LogP contribution in [0.3, 0.4) is 0 Å². The SMILES string of the molecule is Cc1cc(NC(=O)c2ccco2)sc1C(=O)OCC(=O)N(CCC#N)c1ccccc1. The van der Waals surface area contributed by atoms with Crippen molar-refractivity contribution in [2.75, 3.05) is 23.4 Å². The Bertz CT molecular complexity index is 1100. The van der Waals surface area contributed by atoms with Crippen molar-refractivity contribution in [3.05, 3.63) is 71.0 Å². The number of aryl methyl sites for hydroxylation is 1. The predicted molar refractivity (Wildman–Crippen MR) is 115 cm³/mol. The summed E-state index contributed by atoms with van der Waals surface area (Å²) in [5, 5.41) is 12.0. The quantitative estimate of drug-likeness (QED) is 0.533. The largest absolute Gasteiger partial charge is 0.459 e. The topological polar surface area (TPSA) is 113 Å². The molecule has 3 aromatic rings. The molecule has 0 aliphatic carbocycles. The van der Waals surface area contributed by atoms with Gasteiger partial charge in [0.2, 0.25) is 0 Å². The van der Waals surface area contributed by atoms with Crippen LogP contribution in [0.1, 0.15) is 32.2 Å². The number of rotatable bonds is 8. The Morgan fingerprint density at radius 1 is 1.19 bits per heavy atom. The van der Waals surface area contributed by atoms with Crippen LogP contribution in [0, 0.1) is 18.3 Å². The zero-order valence-electron chi connectivity index (χ0n) is 16.7. The molecule has 1 N–H and O–H groups in total. The lowest BCUT2D eigenvalue weighted by atomic mass is 10.2. The van der Waals surface area contributed by atoms with Gasteiger partial charge in [-0.05, 0) is 42.8 Å². The van der Waals surface area contributed by atoms with Crippen molar-refractivity contribution in [1.29, 1.82) is 5.26 Å². The number of para-hydroxylation sites is 1. The van der Waals surface area contributed by atoms with Crippen LogP contribution < -0.4 is 10.2 Å². The highest BCUT2D eigenvalue weighted by Gasteiger charge is 2.21. The highest BCUT2D eigenvalue weighted by molar-refractivity contribution is 7.18. The van der Waals surface area contributed by atoms with Gasteiger partial charge >= 0.3 is 5.97 Å². The lowest BCUT2D eigenvalue weighted by Crippen LogP contribution is -2.35. The van der Waals surface area contributed by atoms with Crippen molar-refractivity contribution in [1.82, 2.24) is 0 Å². The monoisotopic (exact) mass is 437 g/mol. The fraction of sp³-hybridized carbons (Fsp3) is 0.182. The van der Waals surface area contributed by atoms with Gasteiger partial charge in [-0.2, -0.15) is 5.26 Å². The van der Waals surface area contributed by atoms with Crippen LogP contribution in [0.25, 0.3) is 0 Å². The lowest BCUT2D eigenvalue weighted by molar-refractivity contribution is -0.121. The summed E-state index contributed by atoms with van der Waals surface area (Å²) in [4.78, 5) is 38.9. The van der Waals surface area contributed by atoms with E-state index in [-0.39, 0.29) is 23.6 Å². The van der Waals surface area contributed by atoms with E-state index in [0.717, 1.165) is 11.3 Å². The van der Waals surface area contributed by atoms with E-state index in [9.17, 15) is 14.4 Å². The van der Waals surface area contributed by atoms with Gasteiger partial charge in [-0.15, -0.1) is 11.3 Å². The molecule has 2 aromatic heterocycles. The normalized spacial score (nSPS) is 10.2. The van der Waals surface area contributed by atoms with Gasteiger partial charge in [0.1, 0.15) is 4.88 Å². The Balaban J connectivity index is 1.63. The Hall–Kier alpha value is -3.90. The van der Waals surface area contributed by atoms with Crippen LogP contribution in [0.5, 0.6) is 0 Å². The molecule has 9 heteroatoms. The van der Waals surface area contributed by atoms with Crippen LogP contribution in [0.4, 0.5) is 10.7 Å². The molecule has 0 fully saturated rings. The molecule has 31 heavy (non-hydrogen) atoms. The third kappa shape index (κ3) is 5.58. The molecule has 158 valence electrons. The van der Waals surface area contributed by atoms with Crippen LogP contribution >= 0.6 is 11.3 Å². The molecule has 2 amide bonds. The smallest absolute Gasteiger partial charge is 0.349 e. The summed E-state index contributed by atoms with van der Waals surface area (Å²) in [5.74, 6) is -1.38. The average Bonchev–Trinajstić information content (AvgIpc) is 3.43. The van der Waals surface area contributed by atoms with Crippen molar-refractivity contribution in [2.24, 2.45) is 0 Å². The van der Waals surface area contributed by atoms with E-state index in [0.29, 0.717) is 16.3 Å². The van der Waals surface area contributed by atoms with Crippen molar-refractivity contribution in [3.8, 4) is 6.07 Å². The summed E-state index contributed by atoms with van der Waals surface area (Å²) in [5.41, 5.74) is 1.23. The molecule has 8 nitrogen and oxygen atoms in total. The number of esters is 1. The van der Waals surface area contributed by atoms with Gasteiger partial charge < -0.3 is 19.4 Å². The number of nitriles is 1. The molecule has 2 heterocycles. The molecule has 0 bridgehead atoms. The number of hydrogen-bond acceptors (Lipinski definition) is 7. The van der Waals surface area contributed by atoms with Crippen LogP contribution in [-0.2, 0) is 9.53 Å². The van der Waals surface area contributed by atoms with Crippen LogP contribution in [-0.4, -0.2) is 30.9 Å². The number of benzene rings is 1. The highest BCUT2D eigenvalue weighted by Crippen LogP contribution is 2.28. The van der Waals surface area contributed by atoms with E-state index in [2.05, 4.69) is 5.32 Å². The number of anilines is 2. The van der Waals surface area contributed by atoms with Crippen LogP contribution in [0.2, 0.25) is 0 Å². The fourth-order valence-electron chi connectivity index (χ4n) is 2.77. The Labute approximate surface area is 182 Å². The van der Waals surface area contributed by atoms with E-state index in [1.165, 1.54) is 17.2 Å². The molecule has 0 saturated carbocycles. The first-order valence-corrected chi connectivity index (χ1v) is 10.2. The summed E-state index contributed by atoms with van der Waals surface area (Å²) in [6, 6.07) is 15.6. The number of hydrogen-bond donors (Lipinski definition) is 1. The molecule has 0 unspecified atom stereocenters. The second-order valence-electron chi connectivity index (χ2n) is 6.42. The fourth-order valence-corrected chi connectivity index (χ4v) is 3.73. The number of ether oxygens (including phenoxy) is 1. The summed E-state index contributed by atoms with van der Waals surface area (Å²) in [6.45, 7) is 1.43. The Morgan fingerprint density at radius 3 is 2.65 bits per heavy atom. The Morgan fingerprint density at radius 2 is 1.97 bits per heavy atom. The maximum Gasteiger partial charge on any atom is 0.349 e. The molecular weight excluding hydrogens is 418 g/mol. The molecule has 0 radical (unpaired) electrons. The van der Waals surface area contributed by atoms with E-state index in [4.69, 9.17) is 14.4 Å². The number of nitrogens with one attached hydrogen (secondary N) is 1. The zero-order chi connectivity index (χ0) is 22.2. The summed E-state index contributed by atoms with van der Waals surface area (Å²) in [7, 11) is 0. The lowest BCUT2D eigenvalue weighted by Gasteiger charge is -2.21. The molecule has 0 aliphatic heterocycles. The number of furan rings is 1. The van der Waals surface area contributed by atoms with Crippen molar-refractivity contribution in [3.63, 3.8) is 0 Å². The molecule has 1 aromatic carbocycles. The van der Waals surface area contributed by atoms with Gasteiger partial charge in [0.15, 0.2) is 12.4 Å². The van der Waals surface area contributed by atoms with E-state index >= 15 is 0 Å². The van der Waals surface area contributed by atoms with E-state index < -0.39 is 24.4 Å². The summed E-state index contributed by atoms with van der Waals surface area (Å²) in [6.07, 6.45) is 1.54. The first-order valence-electron chi connectivity index (χ1n) is 9.34. The number of carbonyl (C=O) groups excluding carboxylic acids is 3. The molecule has 0 atom stereocenters. The van der Waals surface area contributed by atoms with Gasteiger partial charge in [0, 0.05) is 12.2 Å². The van der Waals surface area contributed by atoms with E-state index in [1.807, 2.05) is 12.1 Å². The van der Waals surface area contributed by atoms with Gasteiger partial charge in [0.05, 0.1) is 23.8 Å². The minimum Gasteiger partial charge on any atom is -0.459 e. The van der Waals surface area contributed by atoms with Crippen molar-refractivity contribution in [2.45, 2.75) is 13.3 Å². The van der Waals surface area contributed by atoms with Gasteiger partial charge in [0.25, 0.3) is 11.8 Å². The molecular formula is C22H19N3O5S. The summed E-state index contributed by atoms with van der Waals surface area (Å²) < 4.78 is 10.3. The molecule has 3 rings (SSSR count). The third-order valence-electron chi connectivity index (χ3n) is 4.23. The van der Waals surface area contributed by atoms with Gasteiger partial charge in [-0.1, -0.05) is 18.2 Å². The minimum absolute atomic E-state index is 0.150. The Kier molecular flexibility index (Phi) is 7.19. The average molecular weight is 437 g/mol. The third-order valence-corrected chi connectivity index (χ3v) is 5.36. The van der Waals surface area contributed by atoms with Crippen molar-refractivity contribution >= 4 is 39.8 Å². The van der Waals surface area contributed by atoms with Gasteiger partial charge in [-0.3, -0.25) is 9.59 Å². The first-order chi connectivity index (χ1) is 15.0. The minimum atomic E-state index is -0.664. The standard InChI is InChI=1S/C22H19N3O5S/c1-15-13-18(24-21(27)17-9-5-12-29-17)31-20(15)22(28)30-14-19(26)25(11-6-10-23)16-7-3-2-4-8-16/h2-5,7-9,12-13H,6,11,14H2,1H3,(H,24,27). The van der Waals surface area contributed by atoms with Crippen LogP contribution in [0.15, 0.2) is 59.2 Å².